The van der Waals surface area contributed by atoms with Crippen molar-refractivity contribution in [1.82, 2.24) is 19.7 Å². The molecule has 37 heavy (non-hydrogen) atoms. The first-order chi connectivity index (χ1) is 17.1. The molecule has 14 heteroatoms. The fourth-order valence-electron chi connectivity index (χ4n) is 3.30. The second-order valence-corrected chi connectivity index (χ2v) is 9.57. The standard InChI is InChI=1S/C23H26F3N7O4/c1-12(2)11-37-15-8-13(6-7-14(15)33(35)36)19-18(20(27)34)21(32(31-19)22(3,4)5)30-17-10-28-16(9-29-17)23(24,25)26/h6-10,12H,11H2,1-5H3,(H2,27,34)(H,29,30). The molecule has 0 bridgehead atoms. The van der Waals surface area contributed by atoms with Crippen molar-refractivity contribution >= 4 is 23.2 Å². The highest BCUT2D eigenvalue weighted by molar-refractivity contribution is 6.04. The summed E-state index contributed by atoms with van der Waals surface area (Å²) >= 11 is 0. The zero-order valence-electron chi connectivity index (χ0n) is 20.8. The molecule has 0 spiro atoms. The molecular weight excluding hydrogens is 495 g/mol. The van der Waals surface area contributed by atoms with Crippen molar-refractivity contribution in [2.24, 2.45) is 11.7 Å². The van der Waals surface area contributed by atoms with E-state index in [1.54, 1.807) is 20.8 Å². The van der Waals surface area contributed by atoms with Gasteiger partial charge in [-0.3, -0.25) is 14.9 Å². The fraction of sp³-hybridized carbons (Fsp3) is 0.391. The predicted molar refractivity (Wildman–Crippen MR) is 128 cm³/mol. The lowest BCUT2D eigenvalue weighted by Crippen LogP contribution is -2.25. The molecule has 198 valence electrons. The third kappa shape index (κ3) is 6.13. The molecule has 0 saturated carbocycles. The minimum atomic E-state index is -4.67. The minimum Gasteiger partial charge on any atom is -0.487 e. The fourth-order valence-corrected chi connectivity index (χ4v) is 3.30. The van der Waals surface area contributed by atoms with E-state index in [1.165, 1.54) is 22.9 Å². The number of hydrogen-bond acceptors (Lipinski definition) is 8. The third-order valence-corrected chi connectivity index (χ3v) is 4.96. The van der Waals surface area contributed by atoms with Crippen LogP contribution in [0.5, 0.6) is 5.75 Å². The normalized spacial score (nSPS) is 12.0. The molecular formula is C23H26F3N7O4. The van der Waals surface area contributed by atoms with Gasteiger partial charge in [-0.05, 0) is 38.8 Å². The van der Waals surface area contributed by atoms with Crippen LogP contribution >= 0.6 is 0 Å². The number of nitro groups is 1. The van der Waals surface area contributed by atoms with Crippen molar-refractivity contribution < 1.29 is 27.6 Å². The van der Waals surface area contributed by atoms with Gasteiger partial charge in [0.25, 0.3) is 5.91 Å². The summed E-state index contributed by atoms with van der Waals surface area (Å²) in [6.45, 7) is 9.33. The number of nitrogens with one attached hydrogen (secondary N) is 1. The summed E-state index contributed by atoms with van der Waals surface area (Å²) in [5.41, 5.74) is 3.82. The largest absolute Gasteiger partial charge is 0.487 e. The van der Waals surface area contributed by atoms with Crippen molar-refractivity contribution in [2.75, 3.05) is 11.9 Å². The Morgan fingerprint density at radius 1 is 1.22 bits per heavy atom. The highest BCUT2D eigenvalue weighted by Gasteiger charge is 2.33. The van der Waals surface area contributed by atoms with Crippen molar-refractivity contribution in [2.45, 2.75) is 46.3 Å². The number of nitrogens with zero attached hydrogens (tertiary/aromatic N) is 5. The Bertz CT molecular complexity index is 1310. The number of amides is 1. The van der Waals surface area contributed by atoms with Crippen LogP contribution in [-0.4, -0.2) is 37.2 Å². The number of aromatic nitrogens is 4. The maximum atomic E-state index is 12.9. The number of primary amides is 1. The van der Waals surface area contributed by atoms with Gasteiger partial charge in [0.1, 0.15) is 22.9 Å². The second kappa shape index (κ2) is 10.0. The average Bonchev–Trinajstić information content (AvgIpc) is 3.17. The number of nitrogens with two attached hydrogens (primary N) is 1. The molecule has 0 aliphatic heterocycles. The second-order valence-electron chi connectivity index (χ2n) is 9.57. The molecule has 11 nitrogen and oxygen atoms in total. The average molecular weight is 522 g/mol. The molecule has 0 unspecified atom stereocenters. The SMILES string of the molecule is CC(C)COc1cc(-c2nn(C(C)(C)C)c(Nc3cnc(C(F)(F)F)cn3)c2C(N)=O)ccc1[N+](=O)[O-]. The predicted octanol–water partition coefficient (Wildman–Crippen LogP) is 4.90. The monoisotopic (exact) mass is 521 g/mol. The molecule has 0 radical (unpaired) electrons. The van der Waals surface area contributed by atoms with Crippen LogP contribution in [0.1, 0.15) is 50.7 Å². The van der Waals surface area contributed by atoms with E-state index in [4.69, 9.17) is 10.5 Å². The number of benzene rings is 1. The zero-order valence-corrected chi connectivity index (χ0v) is 20.8. The van der Waals surface area contributed by atoms with Crippen molar-refractivity contribution in [1.29, 1.82) is 0 Å². The number of carbonyl (C=O) groups is 1. The first-order valence-electron chi connectivity index (χ1n) is 11.1. The van der Waals surface area contributed by atoms with Gasteiger partial charge in [0.15, 0.2) is 11.4 Å². The van der Waals surface area contributed by atoms with Gasteiger partial charge in [0.05, 0.1) is 29.5 Å². The number of carbonyl (C=O) groups excluding carboxylic acids is 1. The molecule has 3 N–H and O–H groups in total. The van der Waals surface area contributed by atoms with Crippen LogP contribution in [0, 0.1) is 16.0 Å². The van der Waals surface area contributed by atoms with E-state index in [9.17, 15) is 28.1 Å². The van der Waals surface area contributed by atoms with Crippen LogP contribution < -0.4 is 15.8 Å². The van der Waals surface area contributed by atoms with Gasteiger partial charge >= 0.3 is 11.9 Å². The van der Waals surface area contributed by atoms with Crippen molar-refractivity contribution in [3.05, 3.63) is 52.0 Å². The topological polar surface area (TPSA) is 151 Å². The molecule has 2 aromatic heterocycles. The minimum absolute atomic E-state index is 0.0138. The maximum absolute atomic E-state index is 12.9. The highest BCUT2D eigenvalue weighted by Crippen LogP contribution is 2.38. The zero-order chi connectivity index (χ0) is 27.7. The van der Waals surface area contributed by atoms with Gasteiger partial charge in [-0.25, -0.2) is 14.6 Å². The van der Waals surface area contributed by atoms with Crippen LogP contribution in [-0.2, 0) is 11.7 Å². The van der Waals surface area contributed by atoms with E-state index in [1.807, 2.05) is 13.8 Å². The van der Waals surface area contributed by atoms with Gasteiger partial charge in [-0.1, -0.05) is 13.8 Å². The molecule has 0 aliphatic rings. The van der Waals surface area contributed by atoms with Crippen LogP contribution in [0.4, 0.5) is 30.5 Å². The van der Waals surface area contributed by atoms with E-state index in [-0.39, 0.29) is 46.9 Å². The van der Waals surface area contributed by atoms with E-state index in [0.29, 0.717) is 11.8 Å². The molecule has 1 amide bonds. The molecule has 1 aromatic carbocycles. The van der Waals surface area contributed by atoms with Gasteiger partial charge < -0.3 is 15.8 Å². The lowest BCUT2D eigenvalue weighted by Gasteiger charge is -2.23. The Hall–Kier alpha value is -4.23. The number of ether oxygens (including phenoxy) is 1. The molecule has 0 saturated heterocycles. The summed E-state index contributed by atoms with van der Waals surface area (Å²) in [4.78, 5) is 30.7. The van der Waals surface area contributed by atoms with E-state index in [2.05, 4.69) is 20.4 Å². The number of nitro benzene ring substituents is 1. The Morgan fingerprint density at radius 3 is 2.38 bits per heavy atom. The third-order valence-electron chi connectivity index (χ3n) is 4.96. The number of alkyl halides is 3. The van der Waals surface area contributed by atoms with Crippen LogP contribution in [0.15, 0.2) is 30.6 Å². The van der Waals surface area contributed by atoms with E-state index < -0.39 is 28.2 Å². The number of rotatable bonds is 8. The molecule has 0 aliphatic carbocycles. The number of halogens is 3. The summed E-state index contributed by atoms with van der Waals surface area (Å²) in [7, 11) is 0. The van der Waals surface area contributed by atoms with Crippen LogP contribution in [0.2, 0.25) is 0 Å². The molecule has 3 aromatic rings. The molecule has 3 rings (SSSR count). The Kier molecular flexibility index (Phi) is 7.41. The van der Waals surface area contributed by atoms with E-state index in [0.717, 1.165) is 6.20 Å². The van der Waals surface area contributed by atoms with Gasteiger partial charge in [-0.2, -0.15) is 18.3 Å². The summed E-state index contributed by atoms with van der Waals surface area (Å²) < 4.78 is 45.7. The first kappa shape index (κ1) is 27.4. The van der Waals surface area contributed by atoms with Crippen LogP contribution in [0.25, 0.3) is 11.3 Å². The molecule has 0 fully saturated rings. The smallest absolute Gasteiger partial charge is 0.434 e. The van der Waals surface area contributed by atoms with Crippen molar-refractivity contribution in [3.63, 3.8) is 0 Å². The summed E-state index contributed by atoms with van der Waals surface area (Å²) in [5, 5.41) is 18.8. The molecule has 0 atom stereocenters. The quantitative estimate of drug-likeness (QED) is 0.314. The van der Waals surface area contributed by atoms with E-state index >= 15 is 0 Å². The number of anilines is 2. The lowest BCUT2D eigenvalue weighted by atomic mass is 10.1. The Morgan fingerprint density at radius 2 is 1.89 bits per heavy atom. The summed E-state index contributed by atoms with van der Waals surface area (Å²) in [6, 6.07) is 4.04. The van der Waals surface area contributed by atoms with Crippen molar-refractivity contribution in [3.8, 4) is 17.0 Å². The van der Waals surface area contributed by atoms with Gasteiger partial charge in [0.2, 0.25) is 0 Å². The summed E-state index contributed by atoms with van der Waals surface area (Å²) in [5.74, 6) is -0.842. The van der Waals surface area contributed by atoms with Gasteiger partial charge in [0, 0.05) is 11.6 Å². The summed E-state index contributed by atoms with van der Waals surface area (Å²) in [6.07, 6.45) is -3.24. The van der Waals surface area contributed by atoms with Crippen LogP contribution in [0.3, 0.4) is 0 Å². The van der Waals surface area contributed by atoms with Gasteiger partial charge in [-0.15, -0.1) is 0 Å². The highest BCUT2D eigenvalue weighted by atomic mass is 19.4. The molecule has 2 heterocycles. The first-order valence-corrected chi connectivity index (χ1v) is 11.1. The lowest BCUT2D eigenvalue weighted by molar-refractivity contribution is -0.385. The maximum Gasteiger partial charge on any atom is 0.434 e. The Balaban J connectivity index is 2.18. The number of hydrogen-bond donors (Lipinski definition) is 2. The Labute approximate surface area is 210 Å².